The van der Waals surface area contributed by atoms with Gasteiger partial charge in [-0.1, -0.05) is 182 Å². The van der Waals surface area contributed by atoms with Crippen LogP contribution in [0.2, 0.25) is 0 Å². The van der Waals surface area contributed by atoms with Crippen LogP contribution in [-0.2, 0) is 99.7 Å². The first-order valence-corrected chi connectivity index (χ1v) is 45.5. The number of rotatable bonds is 38. The second kappa shape index (κ2) is 43.2. The Hall–Kier alpha value is -12.3. The van der Waals surface area contributed by atoms with E-state index in [0.717, 1.165) is 43.2 Å². The summed E-state index contributed by atoms with van der Waals surface area (Å²) in [5, 5.41) is 26.9. The third-order valence-electron chi connectivity index (χ3n) is 22.9. The summed E-state index contributed by atoms with van der Waals surface area (Å²) in [5.74, 6) is -6.76. The van der Waals surface area contributed by atoms with Crippen LogP contribution in [0.5, 0.6) is 11.5 Å². The molecule has 2 fully saturated rings. The number of hydrogen-bond acceptors (Lipinski definition) is 20. The zero-order valence-corrected chi connectivity index (χ0v) is 78.2. The van der Waals surface area contributed by atoms with Crippen LogP contribution in [0.25, 0.3) is 21.5 Å². The van der Waals surface area contributed by atoms with Crippen molar-refractivity contribution in [1.82, 2.24) is 65.9 Å². The van der Waals surface area contributed by atoms with Crippen LogP contribution in [0.3, 0.4) is 0 Å². The van der Waals surface area contributed by atoms with E-state index in [2.05, 4.69) is 50.1 Å². The van der Waals surface area contributed by atoms with E-state index >= 15 is 28.8 Å². The van der Waals surface area contributed by atoms with Gasteiger partial charge in [0.1, 0.15) is 95.7 Å². The minimum Gasteiger partial charge on any atom is -0.490 e. The Morgan fingerprint density at radius 1 is 0.519 bits per heavy atom. The smallest absolute Gasteiger partial charge is 0.410 e. The van der Waals surface area contributed by atoms with Crippen molar-refractivity contribution < 1.29 is 84.9 Å². The van der Waals surface area contributed by atoms with Crippen LogP contribution in [0.15, 0.2) is 165 Å². The highest BCUT2D eigenvalue weighted by Crippen LogP contribution is 2.35. The van der Waals surface area contributed by atoms with Gasteiger partial charge >= 0.3 is 12.2 Å². The second-order valence-corrected chi connectivity index (χ2v) is 39.6. The van der Waals surface area contributed by atoms with E-state index in [9.17, 15) is 37.2 Å². The SMILES string of the molecule is C=CCOc1ccc(C[C@H](CC(=O)[C@H](Cc2ccc3ccccc3c2)NC(=O)[C@@H]2C[C@H](n3cc(COc4ccc(C[C@H](NC(=O)[C@H](Cc5ccc6ccccc6c5)NC(=O)[C@@H]5C[C@H](CC=C)CN5C(=O)[C@@H](NC(=O)[C@H](C)N(C)C(=O)OC(C)(C)C)C(C)(C)C)C(=O)NS(C)(=O)=O)cc4)nn3)CN2C(=O)[C@@H](NC(=O)[C@H](C)N(C)C(=O)OC(C)(C)C)C(C)(C)C)C(=O)CC)cc1. The van der Waals surface area contributed by atoms with Crippen LogP contribution in [-0.4, -0.2) is 220 Å². The Morgan fingerprint density at radius 3 is 1.43 bits per heavy atom. The molecule has 2 aliphatic heterocycles. The molecule has 6 aromatic carbocycles. The molecule has 0 unspecified atom stereocenters. The summed E-state index contributed by atoms with van der Waals surface area (Å²) in [4.78, 5) is 180. The molecular formula is C97H127N13O18S. The molecule has 6 N–H and O–H groups in total. The van der Waals surface area contributed by atoms with E-state index in [1.165, 1.54) is 42.4 Å². The average molecular weight is 1800 g/mol. The van der Waals surface area contributed by atoms with Crippen molar-refractivity contribution >= 4 is 103 Å². The number of Topliss-reactive ketones (excluding diaryl/α,β-unsaturated/α-hetero) is 2. The Balaban J connectivity index is 0.963. The van der Waals surface area contributed by atoms with Gasteiger partial charge in [-0.25, -0.2) is 22.7 Å². The molecule has 31 nitrogen and oxygen atoms in total. The number of likely N-dealkylation sites (N-methyl/N-ethyl adjacent to an activating group) is 2. The first kappa shape index (κ1) is 100. The zero-order valence-electron chi connectivity index (χ0n) is 77.4. The number of benzene rings is 6. The predicted molar refractivity (Wildman–Crippen MR) is 490 cm³/mol. The highest BCUT2D eigenvalue weighted by Gasteiger charge is 2.49. The number of likely N-dealkylation sites (tertiary alicyclic amines) is 2. The highest BCUT2D eigenvalue weighted by atomic mass is 32.2. The van der Waals surface area contributed by atoms with Gasteiger partial charge in [-0.2, -0.15) is 0 Å². The lowest BCUT2D eigenvalue weighted by Crippen LogP contribution is -2.61. The molecule has 3 heterocycles. The minimum atomic E-state index is -4.24. The molecule has 9 rings (SSSR count). The summed E-state index contributed by atoms with van der Waals surface area (Å²) < 4.78 is 52.2. The van der Waals surface area contributed by atoms with Gasteiger partial charge in [0.2, 0.25) is 51.4 Å². The first-order chi connectivity index (χ1) is 60.5. The lowest BCUT2D eigenvalue weighted by atomic mass is 9.85. The number of nitrogens with zero attached hydrogens (tertiary/aromatic N) is 7. The third-order valence-corrected chi connectivity index (χ3v) is 23.5. The fourth-order valence-corrected chi connectivity index (χ4v) is 16.1. The number of ether oxygens (including phenoxy) is 4. The van der Waals surface area contributed by atoms with Crippen molar-refractivity contribution in [2.24, 2.45) is 22.7 Å². The fourth-order valence-electron chi connectivity index (χ4n) is 15.5. The number of sulfonamides is 1. The maximum atomic E-state index is 15.7. The molecular weight excluding hydrogens is 1670 g/mol. The largest absolute Gasteiger partial charge is 0.490 e. The summed E-state index contributed by atoms with van der Waals surface area (Å²) >= 11 is 0. The molecule has 32 heteroatoms. The summed E-state index contributed by atoms with van der Waals surface area (Å²) in [6, 6.07) is 27.7. The maximum Gasteiger partial charge on any atom is 0.410 e. The zero-order chi connectivity index (χ0) is 94.9. The fraction of sp³-hybridized carbons (Fsp3) is 0.485. The Labute approximate surface area is 756 Å². The summed E-state index contributed by atoms with van der Waals surface area (Å²) in [5.41, 5.74) is -0.924. The molecule has 2 aliphatic rings. The number of carbonyl (C=O) groups is 12. The Bertz CT molecular complexity index is 5360. The second-order valence-electron chi connectivity index (χ2n) is 37.8. The van der Waals surface area contributed by atoms with Crippen molar-refractivity contribution in [2.45, 2.75) is 240 Å². The summed E-state index contributed by atoms with van der Waals surface area (Å²) in [6.07, 6.45) is 4.29. The van der Waals surface area contributed by atoms with E-state index < -0.39 is 164 Å². The first-order valence-electron chi connectivity index (χ1n) is 43.6. The van der Waals surface area contributed by atoms with E-state index in [4.69, 9.17) is 18.9 Å². The highest BCUT2D eigenvalue weighted by molar-refractivity contribution is 7.89. The van der Waals surface area contributed by atoms with Gasteiger partial charge in [0.25, 0.3) is 5.91 Å². The average Bonchev–Trinajstić information content (AvgIpc) is 1.64. The van der Waals surface area contributed by atoms with Gasteiger partial charge in [0.15, 0.2) is 5.78 Å². The van der Waals surface area contributed by atoms with Gasteiger partial charge in [-0.15, -0.1) is 11.7 Å². The minimum absolute atomic E-state index is 0.0112. The standard InChI is InChI=1S/C97H127N13O18S/c1-21-28-65-52-78(108(55-65)90(119)82(94(6,7)8)101-84(113)59(4)106(18)92(121)127-96(12,13)14)88(117)100-76(51-64-34-40-67-30-25-27-32-69(67)48-64)86(115)99-77(87(116)104-129(20,123)124)49-62-37-43-74(44-38-62)126-58-71-56-110(105-103-71)72-54-79(109(57-72)91(120)83(95(9,10)11)102-85(114)60(5)107(19)93(122)128-97(15,16)17)89(118)98-75(50-63-33-39-66-29-24-26-31-68(66)47-63)81(112)53-70(80(111)23-3)46-61-35-41-73(42-36-61)125-45-22-2/h21-22,24-27,29-44,47-48,56,59-60,65,70,72,75-79,82-83H,1-2,23,28,45-46,49-55,57-58H2,3-20H3,(H,98,118)(H,99,115)(H,100,117)(H,101,113)(H,102,114)(H,104,116)/t59-,60-,65-,70+,72-,75-,76-,77-,78-,79-,82+,83+/m0/s1. The molecule has 129 heavy (non-hydrogen) atoms. The molecule has 2 saturated heterocycles. The molecule has 7 aromatic rings. The van der Waals surface area contributed by atoms with Gasteiger partial charge in [-0.3, -0.25) is 62.5 Å². The third kappa shape index (κ3) is 28.3. The molecule has 1 aromatic heterocycles. The maximum absolute atomic E-state index is 15.7. The number of amides is 10. The number of aromatic nitrogens is 3. The monoisotopic (exact) mass is 1790 g/mol. The van der Waals surface area contributed by atoms with Gasteiger partial charge in [-0.05, 0) is 166 Å². The lowest BCUT2D eigenvalue weighted by Gasteiger charge is -2.37. The number of nitrogens with one attached hydrogen (secondary N) is 6. The topological polar surface area (TPSA) is 392 Å². The molecule has 12 atom stereocenters. The van der Waals surface area contributed by atoms with Crippen LogP contribution >= 0.6 is 0 Å². The Kier molecular flexibility index (Phi) is 33.6. The summed E-state index contributed by atoms with van der Waals surface area (Å²) in [7, 11) is -1.43. The summed E-state index contributed by atoms with van der Waals surface area (Å²) in [6.45, 7) is 33.0. The molecule has 0 saturated carbocycles. The van der Waals surface area contributed by atoms with E-state index in [-0.39, 0.29) is 88.5 Å². The van der Waals surface area contributed by atoms with Crippen molar-refractivity contribution in [3.63, 3.8) is 0 Å². The van der Waals surface area contributed by atoms with E-state index in [1.807, 2.05) is 95.7 Å². The number of carbonyl (C=O) groups excluding carboxylic acids is 12. The van der Waals surface area contributed by atoms with Crippen molar-refractivity contribution in [3.05, 3.63) is 193 Å². The lowest BCUT2D eigenvalue weighted by molar-refractivity contribution is -0.145. The van der Waals surface area contributed by atoms with Crippen molar-refractivity contribution in [1.29, 1.82) is 0 Å². The quantitative estimate of drug-likeness (QED) is 0.0196. The van der Waals surface area contributed by atoms with Crippen LogP contribution in [0, 0.1) is 22.7 Å². The van der Waals surface area contributed by atoms with Crippen LogP contribution in [0.1, 0.15) is 170 Å². The normalized spacial score (nSPS) is 17.3. The van der Waals surface area contributed by atoms with E-state index in [0.29, 0.717) is 41.2 Å². The van der Waals surface area contributed by atoms with E-state index in [1.54, 1.807) is 151 Å². The van der Waals surface area contributed by atoms with Gasteiger partial charge in [0, 0.05) is 65.2 Å². The molecule has 0 bridgehead atoms. The predicted octanol–water partition coefficient (Wildman–Crippen LogP) is 10.6. The molecule has 0 radical (unpaired) electrons. The molecule has 0 spiro atoms. The number of hydrogen-bond donors (Lipinski definition) is 6. The van der Waals surface area contributed by atoms with Crippen LogP contribution < -0.4 is 40.8 Å². The number of allylic oxidation sites excluding steroid dienone is 1. The van der Waals surface area contributed by atoms with Gasteiger partial charge < -0.3 is 55.3 Å². The molecule has 0 aliphatic carbocycles. The number of fused-ring (bicyclic) bond motifs is 2. The number of ketones is 2. The molecule has 694 valence electrons. The van der Waals surface area contributed by atoms with Crippen molar-refractivity contribution in [3.8, 4) is 11.5 Å². The molecule has 10 amide bonds. The van der Waals surface area contributed by atoms with Crippen LogP contribution in [0.4, 0.5) is 9.59 Å². The Morgan fingerprint density at radius 2 is 0.961 bits per heavy atom. The van der Waals surface area contributed by atoms with Gasteiger partial charge in [0.05, 0.1) is 24.5 Å². The van der Waals surface area contributed by atoms with Crippen molar-refractivity contribution in [2.75, 3.05) is 40.0 Å².